The van der Waals surface area contributed by atoms with E-state index in [-0.39, 0.29) is 11.8 Å². The third kappa shape index (κ3) is 6.40. The second-order valence-electron chi connectivity index (χ2n) is 9.79. The van der Waals surface area contributed by atoms with Gasteiger partial charge in [0.1, 0.15) is 5.75 Å². The van der Waals surface area contributed by atoms with E-state index in [0.717, 1.165) is 82.8 Å². The first-order valence-electron chi connectivity index (χ1n) is 12.4. The van der Waals surface area contributed by atoms with Gasteiger partial charge in [-0.1, -0.05) is 25.2 Å². The molecule has 2 saturated heterocycles. The first-order chi connectivity index (χ1) is 15.9. The zero-order valence-corrected chi connectivity index (χ0v) is 22.5. The summed E-state index contributed by atoms with van der Waals surface area (Å²) >= 11 is 5.28. The van der Waals surface area contributed by atoms with E-state index >= 15 is 0 Å². The van der Waals surface area contributed by atoms with Crippen molar-refractivity contribution in [3.05, 3.63) is 16.6 Å². The number of rotatable bonds is 8. The van der Waals surface area contributed by atoms with Crippen molar-refractivity contribution in [1.29, 1.82) is 0 Å². The molecule has 2 aromatic rings. The number of anilines is 1. The molecule has 1 aromatic carbocycles. The van der Waals surface area contributed by atoms with Gasteiger partial charge in [-0.05, 0) is 73.0 Å². The minimum absolute atomic E-state index is 0.115. The summed E-state index contributed by atoms with van der Waals surface area (Å²) in [4.78, 5) is 22.4. The van der Waals surface area contributed by atoms with Crippen LogP contribution in [0.15, 0.2) is 16.6 Å². The van der Waals surface area contributed by atoms with Crippen LogP contribution in [0.25, 0.3) is 10.2 Å². The van der Waals surface area contributed by atoms with Gasteiger partial charge in [-0.3, -0.25) is 4.79 Å². The van der Waals surface area contributed by atoms with Crippen molar-refractivity contribution in [3.63, 3.8) is 0 Å². The number of fused-ring (bicyclic) bond motifs is 1. The SMILES string of the molecule is CCOc1cc2sc(N3CCC(C(=O)NCCCN4C[C@H](C)C[C@H](C)C4)CC3)nc2cc1Br. The van der Waals surface area contributed by atoms with Gasteiger partial charge in [-0.15, -0.1) is 0 Å². The Hall–Kier alpha value is -1.38. The molecule has 2 fully saturated rings. The van der Waals surface area contributed by atoms with Gasteiger partial charge in [0.15, 0.2) is 5.13 Å². The maximum absolute atomic E-state index is 12.7. The van der Waals surface area contributed by atoms with Gasteiger partial charge in [0.2, 0.25) is 5.91 Å². The summed E-state index contributed by atoms with van der Waals surface area (Å²) in [6.45, 7) is 13.4. The molecule has 8 heteroatoms. The molecular weight excluding hydrogens is 500 g/mol. The van der Waals surface area contributed by atoms with Crippen LogP contribution in [0.5, 0.6) is 5.75 Å². The summed E-state index contributed by atoms with van der Waals surface area (Å²) in [5.41, 5.74) is 0.989. The molecule has 0 spiro atoms. The lowest BCUT2D eigenvalue weighted by molar-refractivity contribution is -0.125. The quantitative estimate of drug-likeness (QED) is 0.472. The third-order valence-electron chi connectivity index (χ3n) is 6.76. The fourth-order valence-corrected chi connectivity index (χ4v) is 6.76. The number of nitrogens with one attached hydrogen (secondary N) is 1. The minimum atomic E-state index is 0.115. The number of carbonyl (C=O) groups is 1. The second kappa shape index (κ2) is 11.4. The normalized spacial score (nSPS) is 22.6. The second-order valence-corrected chi connectivity index (χ2v) is 11.7. The Labute approximate surface area is 210 Å². The Morgan fingerprint density at radius 3 is 2.67 bits per heavy atom. The number of piperidine rings is 2. The van der Waals surface area contributed by atoms with Gasteiger partial charge >= 0.3 is 0 Å². The first-order valence-corrected chi connectivity index (χ1v) is 14.0. The summed E-state index contributed by atoms with van der Waals surface area (Å²) in [6, 6.07) is 4.10. The Bertz CT molecular complexity index is 934. The Morgan fingerprint density at radius 1 is 1.24 bits per heavy atom. The molecule has 1 N–H and O–H groups in total. The van der Waals surface area contributed by atoms with Gasteiger partial charge in [-0.25, -0.2) is 4.98 Å². The molecule has 2 atom stereocenters. The van der Waals surface area contributed by atoms with E-state index < -0.39 is 0 Å². The summed E-state index contributed by atoms with van der Waals surface area (Å²) in [6.07, 6.45) is 4.15. The molecule has 33 heavy (non-hydrogen) atoms. The number of aromatic nitrogens is 1. The number of benzene rings is 1. The molecule has 6 nitrogen and oxygen atoms in total. The van der Waals surface area contributed by atoms with Crippen LogP contribution < -0.4 is 15.0 Å². The summed E-state index contributed by atoms with van der Waals surface area (Å²) in [5, 5.41) is 4.24. The molecule has 0 unspecified atom stereocenters. The number of thiazole rings is 1. The van der Waals surface area contributed by atoms with Crippen molar-refractivity contribution >= 4 is 48.5 Å². The van der Waals surface area contributed by atoms with E-state index in [1.165, 1.54) is 19.5 Å². The molecule has 1 amide bonds. The zero-order valence-electron chi connectivity index (χ0n) is 20.1. The highest BCUT2D eigenvalue weighted by Gasteiger charge is 2.27. The van der Waals surface area contributed by atoms with Crippen molar-refractivity contribution in [2.75, 3.05) is 50.8 Å². The van der Waals surface area contributed by atoms with Crippen LogP contribution in [0, 0.1) is 17.8 Å². The molecule has 182 valence electrons. The van der Waals surface area contributed by atoms with Crippen molar-refractivity contribution < 1.29 is 9.53 Å². The molecule has 1 aromatic heterocycles. The van der Waals surface area contributed by atoms with Crippen molar-refractivity contribution in [1.82, 2.24) is 15.2 Å². The van der Waals surface area contributed by atoms with E-state index in [0.29, 0.717) is 6.61 Å². The average molecular weight is 538 g/mol. The lowest BCUT2D eigenvalue weighted by Crippen LogP contribution is -2.42. The molecule has 0 aliphatic carbocycles. The van der Waals surface area contributed by atoms with Crippen LogP contribution in [0.2, 0.25) is 0 Å². The maximum Gasteiger partial charge on any atom is 0.223 e. The molecule has 2 aliphatic rings. The average Bonchev–Trinajstić information content (AvgIpc) is 3.19. The highest BCUT2D eigenvalue weighted by molar-refractivity contribution is 9.10. The number of ether oxygens (including phenoxy) is 1. The number of hydrogen-bond donors (Lipinski definition) is 1. The van der Waals surface area contributed by atoms with Crippen LogP contribution in [0.4, 0.5) is 5.13 Å². The van der Waals surface area contributed by atoms with Crippen LogP contribution in [-0.2, 0) is 4.79 Å². The van der Waals surface area contributed by atoms with Crippen molar-refractivity contribution in [2.24, 2.45) is 17.8 Å². The Morgan fingerprint density at radius 2 is 1.97 bits per heavy atom. The fraction of sp³-hybridized carbons (Fsp3) is 0.680. The van der Waals surface area contributed by atoms with E-state index in [2.05, 4.69) is 51.0 Å². The van der Waals surface area contributed by atoms with Gasteiger partial charge in [-0.2, -0.15) is 0 Å². The smallest absolute Gasteiger partial charge is 0.223 e. The van der Waals surface area contributed by atoms with E-state index in [9.17, 15) is 4.79 Å². The third-order valence-corrected chi connectivity index (χ3v) is 8.46. The topological polar surface area (TPSA) is 57.7 Å². The van der Waals surface area contributed by atoms with E-state index in [4.69, 9.17) is 9.72 Å². The van der Waals surface area contributed by atoms with Gasteiger partial charge in [0.05, 0.1) is 21.3 Å². The van der Waals surface area contributed by atoms with E-state index in [1.54, 1.807) is 11.3 Å². The number of likely N-dealkylation sites (tertiary alicyclic amines) is 1. The Balaban J connectivity index is 1.22. The van der Waals surface area contributed by atoms with Gasteiger partial charge in [0.25, 0.3) is 0 Å². The first kappa shape index (κ1) is 24.7. The maximum atomic E-state index is 12.7. The fourth-order valence-electron chi connectivity index (χ4n) is 5.29. The van der Waals surface area contributed by atoms with Crippen LogP contribution >= 0.6 is 27.3 Å². The number of halogens is 1. The predicted molar refractivity (Wildman–Crippen MR) is 140 cm³/mol. The van der Waals surface area contributed by atoms with E-state index in [1.807, 2.05) is 13.0 Å². The molecule has 4 rings (SSSR count). The monoisotopic (exact) mass is 536 g/mol. The molecule has 3 heterocycles. The number of carbonyl (C=O) groups excluding carboxylic acids is 1. The summed E-state index contributed by atoms with van der Waals surface area (Å²) in [7, 11) is 0. The van der Waals surface area contributed by atoms with Crippen LogP contribution in [0.1, 0.15) is 46.5 Å². The number of hydrogen-bond acceptors (Lipinski definition) is 6. The number of nitrogens with zero attached hydrogens (tertiary/aromatic N) is 3. The highest BCUT2D eigenvalue weighted by Crippen LogP contribution is 2.37. The lowest BCUT2D eigenvalue weighted by Gasteiger charge is -2.35. The molecule has 2 aliphatic heterocycles. The van der Waals surface area contributed by atoms with Crippen molar-refractivity contribution in [2.45, 2.75) is 46.5 Å². The predicted octanol–water partition coefficient (Wildman–Crippen LogP) is 5.16. The van der Waals surface area contributed by atoms with Crippen LogP contribution in [-0.4, -0.2) is 61.7 Å². The molecule has 0 radical (unpaired) electrons. The molecule has 0 bridgehead atoms. The zero-order chi connectivity index (χ0) is 23.4. The van der Waals surface area contributed by atoms with Crippen molar-refractivity contribution in [3.8, 4) is 5.75 Å². The Kier molecular flexibility index (Phi) is 8.52. The molecular formula is C25H37BrN4O2S. The van der Waals surface area contributed by atoms with Gasteiger partial charge < -0.3 is 19.9 Å². The van der Waals surface area contributed by atoms with Crippen LogP contribution in [0.3, 0.4) is 0 Å². The largest absolute Gasteiger partial charge is 0.493 e. The summed E-state index contributed by atoms with van der Waals surface area (Å²) in [5.74, 6) is 2.78. The minimum Gasteiger partial charge on any atom is -0.493 e. The lowest BCUT2D eigenvalue weighted by atomic mass is 9.92. The summed E-state index contributed by atoms with van der Waals surface area (Å²) < 4.78 is 7.77. The standard InChI is InChI=1S/C25H37BrN4O2S/c1-4-32-22-14-23-21(13-20(22)26)28-25(33-23)30-10-6-19(7-11-30)24(31)27-8-5-9-29-15-17(2)12-18(3)16-29/h13-14,17-19H,4-12,15-16H2,1-3H3,(H,27,31)/t17-,18+. The number of amides is 1. The van der Waals surface area contributed by atoms with Gasteiger partial charge in [0, 0.05) is 44.7 Å². The highest BCUT2D eigenvalue weighted by atomic mass is 79.9. The molecule has 0 saturated carbocycles.